The number of hydrogen-bond acceptors (Lipinski definition) is 3. The predicted octanol–water partition coefficient (Wildman–Crippen LogP) is 3.85. The van der Waals surface area contributed by atoms with E-state index in [-0.39, 0.29) is 0 Å². The molecule has 0 amide bonds. The molecule has 0 heterocycles. The highest BCUT2D eigenvalue weighted by atomic mass is 16.6. The number of aryl methyl sites for hydroxylation is 1. The lowest BCUT2D eigenvalue weighted by molar-refractivity contribution is 0.114. The molecular weight excluding hydrogens is 272 g/mol. The predicted molar refractivity (Wildman–Crippen MR) is 92.5 cm³/mol. The molecule has 0 unspecified atom stereocenters. The third-order valence-electron chi connectivity index (χ3n) is 4.53. The molecule has 2 aromatic carbocycles. The molecule has 22 heavy (non-hydrogen) atoms. The number of fused-ring (bicyclic) bond motifs is 3. The second-order valence-corrected chi connectivity index (χ2v) is 5.71. The molecular formula is C19H24N2O. The van der Waals surface area contributed by atoms with Crippen LogP contribution in [0.15, 0.2) is 41.6 Å². The van der Waals surface area contributed by atoms with Crippen LogP contribution in [-0.2, 0) is 11.3 Å². The third-order valence-corrected chi connectivity index (χ3v) is 4.53. The Morgan fingerprint density at radius 3 is 2.68 bits per heavy atom. The van der Waals surface area contributed by atoms with Gasteiger partial charge in [0.1, 0.15) is 6.61 Å². The average molecular weight is 296 g/mol. The molecule has 116 valence electrons. The fourth-order valence-electron chi connectivity index (χ4n) is 3.18. The van der Waals surface area contributed by atoms with Crippen molar-refractivity contribution in [3.8, 4) is 0 Å². The fraction of sp³-hybridized carbons (Fsp3) is 0.421. The second-order valence-electron chi connectivity index (χ2n) is 5.71. The Morgan fingerprint density at radius 2 is 1.86 bits per heavy atom. The summed E-state index contributed by atoms with van der Waals surface area (Å²) in [5, 5.41) is 7.07. The van der Waals surface area contributed by atoms with Gasteiger partial charge >= 0.3 is 0 Å². The van der Waals surface area contributed by atoms with Crippen LogP contribution in [0.2, 0.25) is 0 Å². The summed E-state index contributed by atoms with van der Waals surface area (Å²) in [5.41, 5.74) is 3.78. The molecule has 0 radical (unpaired) electrons. The van der Waals surface area contributed by atoms with Gasteiger partial charge in [-0.15, -0.1) is 0 Å². The Kier molecular flexibility index (Phi) is 4.74. The van der Waals surface area contributed by atoms with Crippen molar-refractivity contribution in [1.29, 1.82) is 0 Å². The summed E-state index contributed by atoms with van der Waals surface area (Å²) in [6.45, 7) is 8.07. The standard InChI is InChI=1S/C19H24N2O/c1-3-21(4-2)13-14-22-20-19-12-11-17-16-8-6-5-7-15(16)9-10-18(17)19/h5-10H,3-4,11-14H2,1-2H3/b20-19-. The molecule has 0 saturated heterocycles. The quantitative estimate of drug-likeness (QED) is 0.597. The van der Waals surface area contributed by atoms with Gasteiger partial charge in [-0.2, -0.15) is 0 Å². The van der Waals surface area contributed by atoms with Crippen LogP contribution < -0.4 is 0 Å². The Labute approximate surface area is 132 Å². The van der Waals surface area contributed by atoms with E-state index in [2.05, 4.69) is 60.3 Å². The Morgan fingerprint density at radius 1 is 1.05 bits per heavy atom. The number of benzene rings is 2. The Hall–Kier alpha value is -1.87. The van der Waals surface area contributed by atoms with Crippen LogP contribution in [-0.4, -0.2) is 36.9 Å². The van der Waals surface area contributed by atoms with Crippen molar-refractivity contribution in [2.45, 2.75) is 26.7 Å². The van der Waals surface area contributed by atoms with E-state index in [9.17, 15) is 0 Å². The number of nitrogens with zero attached hydrogens (tertiary/aromatic N) is 2. The maximum absolute atomic E-state index is 5.57. The third kappa shape index (κ3) is 3.00. The average Bonchev–Trinajstić information content (AvgIpc) is 2.98. The lowest BCUT2D eigenvalue weighted by Gasteiger charge is -2.16. The van der Waals surface area contributed by atoms with Crippen molar-refractivity contribution >= 4 is 16.5 Å². The number of hydrogen-bond donors (Lipinski definition) is 0. The molecule has 3 rings (SSSR count). The van der Waals surface area contributed by atoms with E-state index in [0.717, 1.165) is 38.2 Å². The van der Waals surface area contributed by atoms with Crippen molar-refractivity contribution in [2.24, 2.45) is 5.16 Å². The van der Waals surface area contributed by atoms with Gasteiger partial charge in [0.25, 0.3) is 0 Å². The summed E-state index contributed by atoms with van der Waals surface area (Å²) in [4.78, 5) is 7.91. The molecule has 0 spiro atoms. The number of rotatable bonds is 6. The summed E-state index contributed by atoms with van der Waals surface area (Å²) in [7, 11) is 0. The van der Waals surface area contributed by atoms with Crippen molar-refractivity contribution in [2.75, 3.05) is 26.2 Å². The van der Waals surface area contributed by atoms with Crippen molar-refractivity contribution < 1.29 is 4.84 Å². The van der Waals surface area contributed by atoms with E-state index in [0.29, 0.717) is 6.61 Å². The van der Waals surface area contributed by atoms with Gasteiger partial charge in [-0.1, -0.05) is 55.4 Å². The van der Waals surface area contributed by atoms with E-state index in [1.807, 2.05) is 0 Å². The van der Waals surface area contributed by atoms with Gasteiger partial charge < -0.3 is 9.74 Å². The maximum atomic E-state index is 5.57. The Balaban J connectivity index is 1.71. The Bertz CT molecular complexity index is 674. The first-order chi connectivity index (χ1) is 10.8. The molecule has 3 heteroatoms. The highest BCUT2D eigenvalue weighted by Crippen LogP contribution is 2.30. The monoisotopic (exact) mass is 296 g/mol. The molecule has 3 nitrogen and oxygen atoms in total. The van der Waals surface area contributed by atoms with Crippen LogP contribution in [0.1, 0.15) is 31.4 Å². The SMILES string of the molecule is CCN(CC)CCO/N=C1/CCc2c1ccc1ccccc21. The largest absolute Gasteiger partial charge is 0.394 e. The van der Waals surface area contributed by atoms with Crippen molar-refractivity contribution in [1.82, 2.24) is 4.90 Å². The zero-order valence-electron chi connectivity index (χ0n) is 13.5. The first kappa shape index (κ1) is 15.0. The van der Waals surface area contributed by atoms with E-state index >= 15 is 0 Å². The smallest absolute Gasteiger partial charge is 0.129 e. The molecule has 2 aromatic rings. The highest BCUT2D eigenvalue weighted by Gasteiger charge is 2.20. The summed E-state index contributed by atoms with van der Waals surface area (Å²) >= 11 is 0. The normalized spacial score (nSPS) is 15.7. The summed E-state index contributed by atoms with van der Waals surface area (Å²) in [6, 6.07) is 13.0. The number of likely N-dealkylation sites (N-methyl/N-ethyl adjacent to an activating group) is 1. The zero-order chi connectivity index (χ0) is 15.4. The van der Waals surface area contributed by atoms with Gasteiger partial charge in [0.2, 0.25) is 0 Å². The summed E-state index contributed by atoms with van der Waals surface area (Å²) in [6.07, 6.45) is 2.05. The van der Waals surface area contributed by atoms with Crippen LogP contribution in [0.3, 0.4) is 0 Å². The van der Waals surface area contributed by atoms with E-state index in [1.54, 1.807) is 0 Å². The second kappa shape index (κ2) is 6.93. The van der Waals surface area contributed by atoms with Gasteiger partial charge in [0.15, 0.2) is 0 Å². The molecule has 0 saturated carbocycles. The van der Waals surface area contributed by atoms with E-state index in [1.165, 1.54) is 21.9 Å². The van der Waals surface area contributed by atoms with Gasteiger partial charge in [-0.05, 0) is 42.3 Å². The zero-order valence-corrected chi connectivity index (χ0v) is 13.5. The van der Waals surface area contributed by atoms with Gasteiger partial charge in [0, 0.05) is 12.1 Å². The van der Waals surface area contributed by atoms with E-state index < -0.39 is 0 Å². The maximum Gasteiger partial charge on any atom is 0.129 e. The molecule has 0 N–H and O–H groups in total. The van der Waals surface area contributed by atoms with Gasteiger partial charge in [-0.25, -0.2) is 0 Å². The minimum Gasteiger partial charge on any atom is -0.394 e. The minimum absolute atomic E-state index is 0.661. The van der Waals surface area contributed by atoms with Crippen LogP contribution in [0.4, 0.5) is 0 Å². The first-order valence-electron chi connectivity index (χ1n) is 8.25. The van der Waals surface area contributed by atoms with Crippen LogP contribution in [0, 0.1) is 0 Å². The molecule has 0 aliphatic heterocycles. The molecule has 0 atom stereocenters. The van der Waals surface area contributed by atoms with Crippen LogP contribution in [0.5, 0.6) is 0 Å². The van der Waals surface area contributed by atoms with Gasteiger partial charge in [-0.3, -0.25) is 0 Å². The van der Waals surface area contributed by atoms with Crippen LogP contribution >= 0.6 is 0 Å². The lowest BCUT2D eigenvalue weighted by Crippen LogP contribution is -2.26. The number of oxime groups is 1. The molecule has 0 bridgehead atoms. The van der Waals surface area contributed by atoms with Crippen molar-refractivity contribution in [3.63, 3.8) is 0 Å². The molecule has 1 aliphatic carbocycles. The van der Waals surface area contributed by atoms with Crippen LogP contribution in [0.25, 0.3) is 10.8 Å². The summed E-state index contributed by atoms with van der Waals surface area (Å²) < 4.78 is 0. The molecule has 0 aromatic heterocycles. The fourth-order valence-corrected chi connectivity index (χ4v) is 3.18. The lowest BCUT2D eigenvalue weighted by atomic mass is 10.0. The van der Waals surface area contributed by atoms with E-state index in [4.69, 9.17) is 4.84 Å². The highest BCUT2D eigenvalue weighted by molar-refractivity contribution is 6.08. The molecule has 1 aliphatic rings. The minimum atomic E-state index is 0.661. The van der Waals surface area contributed by atoms with Gasteiger partial charge in [0.05, 0.1) is 5.71 Å². The molecule has 0 fully saturated rings. The topological polar surface area (TPSA) is 24.8 Å². The summed E-state index contributed by atoms with van der Waals surface area (Å²) in [5.74, 6) is 0. The first-order valence-corrected chi connectivity index (χ1v) is 8.25. The van der Waals surface area contributed by atoms with Crippen molar-refractivity contribution in [3.05, 3.63) is 47.5 Å².